The highest BCUT2D eigenvalue weighted by molar-refractivity contribution is 5.77. The maximum atomic E-state index is 11.4. The minimum absolute atomic E-state index is 0.0457. The number of esters is 1. The van der Waals surface area contributed by atoms with Crippen LogP contribution in [0.2, 0.25) is 0 Å². The average Bonchev–Trinajstić information content (AvgIpc) is 3.07. The molecule has 3 nitrogen and oxygen atoms in total. The van der Waals surface area contributed by atoms with Crippen molar-refractivity contribution in [1.29, 1.82) is 0 Å². The Kier molecular flexibility index (Phi) is 3.33. The second-order valence-electron chi connectivity index (χ2n) is 5.76. The standard InChI is InChI=1S/C15H20O3/c1-15(2,3)18-11-7-5-10(6-8-11)12-9-13(12)14(16)17-4/h5-8,12-13H,9H2,1-4H3. The van der Waals surface area contributed by atoms with Crippen molar-refractivity contribution in [1.82, 2.24) is 0 Å². The van der Waals surface area contributed by atoms with E-state index >= 15 is 0 Å². The Morgan fingerprint density at radius 1 is 1.22 bits per heavy atom. The summed E-state index contributed by atoms with van der Waals surface area (Å²) >= 11 is 0. The van der Waals surface area contributed by atoms with Crippen molar-refractivity contribution in [2.45, 2.75) is 38.7 Å². The molecule has 1 aromatic rings. The molecule has 0 aliphatic heterocycles. The van der Waals surface area contributed by atoms with Crippen molar-refractivity contribution < 1.29 is 14.3 Å². The number of hydrogen-bond acceptors (Lipinski definition) is 3. The Labute approximate surface area is 108 Å². The quantitative estimate of drug-likeness (QED) is 0.771. The highest BCUT2D eigenvalue weighted by Gasteiger charge is 2.44. The Balaban J connectivity index is 1.99. The van der Waals surface area contributed by atoms with E-state index in [1.54, 1.807) is 0 Å². The third-order valence-corrected chi connectivity index (χ3v) is 3.03. The van der Waals surface area contributed by atoms with Gasteiger partial charge in [-0.2, -0.15) is 0 Å². The Morgan fingerprint density at radius 2 is 1.83 bits per heavy atom. The van der Waals surface area contributed by atoms with Crippen LogP contribution in [0.3, 0.4) is 0 Å². The maximum Gasteiger partial charge on any atom is 0.309 e. The fourth-order valence-electron chi connectivity index (χ4n) is 2.11. The van der Waals surface area contributed by atoms with Gasteiger partial charge in [0.05, 0.1) is 13.0 Å². The molecule has 1 aliphatic rings. The van der Waals surface area contributed by atoms with Crippen LogP contribution in [0, 0.1) is 5.92 Å². The van der Waals surface area contributed by atoms with E-state index in [9.17, 15) is 4.79 Å². The van der Waals surface area contributed by atoms with Gasteiger partial charge in [-0.3, -0.25) is 4.79 Å². The normalized spacial score (nSPS) is 22.4. The Bertz CT molecular complexity index is 428. The van der Waals surface area contributed by atoms with Gasteiger partial charge in [0, 0.05) is 0 Å². The topological polar surface area (TPSA) is 35.5 Å². The van der Waals surface area contributed by atoms with Gasteiger partial charge in [0.15, 0.2) is 0 Å². The smallest absolute Gasteiger partial charge is 0.309 e. The second kappa shape index (κ2) is 4.63. The van der Waals surface area contributed by atoms with Gasteiger partial charge >= 0.3 is 5.97 Å². The molecule has 1 aliphatic carbocycles. The molecule has 1 fully saturated rings. The predicted octanol–water partition coefficient (Wildman–Crippen LogP) is 3.14. The van der Waals surface area contributed by atoms with E-state index in [0.717, 1.165) is 12.2 Å². The van der Waals surface area contributed by atoms with Crippen LogP contribution >= 0.6 is 0 Å². The van der Waals surface area contributed by atoms with Gasteiger partial charge in [-0.1, -0.05) is 12.1 Å². The highest BCUT2D eigenvalue weighted by atomic mass is 16.5. The van der Waals surface area contributed by atoms with Crippen LogP contribution in [0.4, 0.5) is 0 Å². The van der Waals surface area contributed by atoms with Crippen LogP contribution in [0.5, 0.6) is 5.75 Å². The van der Waals surface area contributed by atoms with Crippen LogP contribution in [-0.2, 0) is 9.53 Å². The molecule has 2 unspecified atom stereocenters. The van der Waals surface area contributed by atoms with Gasteiger partial charge in [0.25, 0.3) is 0 Å². The van der Waals surface area contributed by atoms with Crippen molar-refractivity contribution >= 4 is 5.97 Å². The molecular weight excluding hydrogens is 228 g/mol. The second-order valence-corrected chi connectivity index (χ2v) is 5.76. The van der Waals surface area contributed by atoms with Gasteiger partial charge in [0.2, 0.25) is 0 Å². The van der Waals surface area contributed by atoms with E-state index in [1.807, 2.05) is 45.0 Å². The van der Waals surface area contributed by atoms with Gasteiger partial charge in [-0.25, -0.2) is 0 Å². The fourth-order valence-corrected chi connectivity index (χ4v) is 2.11. The summed E-state index contributed by atoms with van der Waals surface area (Å²) in [5.74, 6) is 1.13. The summed E-state index contributed by atoms with van der Waals surface area (Å²) in [6, 6.07) is 8.00. The molecule has 0 aromatic heterocycles. The summed E-state index contributed by atoms with van der Waals surface area (Å²) in [5.41, 5.74) is 1.00. The minimum Gasteiger partial charge on any atom is -0.488 e. The molecule has 1 aromatic carbocycles. The van der Waals surface area contributed by atoms with Gasteiger partial charge in [0.1, 0.15) is 11.4 Å². The molecule has 2 atom stereocenters. The van der Waals surface area contributed by atoms with Gasteiger partial charge in [-0.05, 0) is 50.8 Å². The van der Waals surface area contributed by atoms with Crippen molar-refractivity contribution in [2.75, 3.05) is 7.11 Å². The lowest BCUT2D eigenvalue weighted by Crippen LogP contribution is -2.22. The van der Waals surface area contributed by atoms with Crippen LogP contribution in [0.1, 0.15) is 38.7 Å². The molecule has 0 radical (unpaired) electrons. The summed E-state index contributed by atoms with van der Waals surface area (Å²) in [6.07, 6.45) is 0.895. The van der Waals surface area contributed by atoms with Gasteiger partial charge in [-0.15, -0.1) is 0 Å². The van der Waals surface area contributed by atoms with Crippen molar-refractivity contribution in [2.24, 2.45) is 5.92 Å². The zero-order chi connectivity index (χ0) is 13.3. The SMILES string of the molecule is COC(=O)C1CC1c1ccc(OC(C)(C)C)cc1. The third-order valence-electron chi connectivity index (χ3n) is 3.03. The number of benzene rings is 1. The van der Waals surface area contributed by atoms with Crippen LogP contribution < -0.4 is 4.74 Å². The first kappa shape index (κ1) is 12.9. The van der Waals surface area contributed by atoms with Gasteiger partial charge < -0.3 is 9.47 Å². The zero-order valence-corrected chi connectivity index (χ0v) is 11.4. The largest absolute Gasteiger partial charge is 0.488 e. The molecule has 0 saturated heterocycles. The zero-order valence-electron chi connectivity index (χ0n) is 11.4. The summed E-state index contributed by atoms with van der Waals surface area (Å²) in [6.45, 7) is 6.07. The maximum absolute atomic E-state index is 11.4. The minimum atomic E-state index is -0.185. The van der Waals surface area contributed by atoms with E-state index < -0.39 is 0 Å². The van der Waals surface area contributed by atoms with Crippen LogP contribution in [-0.4, -0.2) is 18.7 Å². The first-order valence-corrected chi connectivity index (χ1v) is 6.27. The molecule has 18 heavy (non-hydrogen) atoms. The Morgan fingerprint density at radius 3 is 2.33 bits per heavy atom. The first-order valence-electron chi connectivity index (χ1n) is 6.27. The van der Waals surface area contributed by atoms with Crippen molar-refractivity contribution in [3.05, 3.63) is 29.8 Å². The lowest BCUT2D eigenvalue weighted by Gasteiger charge is -2.21. The molecule has 0 N–H and O–H groups in total. The lowest BCUT2D eigenvalue weighted by molar-refractivity contribution is -0.142. The molecule has 0 bridgehead atoms. The summed E-state index contributed by atoms with van der Waals surface area (Å²) < 4.78 is 10.5. The van der Waals surface area contributed by atoms with E-state index in [-0.39, 0.29) is 17.5 Å². The van der Waals surface area contributed by atoms with Crippen LogP contribution in [0.15, 0.2) is 24.3 Å². The van der Waals surface area contributed by atoms with Crippen LogP contribution in [0.25, 0.3) is 0 Å². The molecule has 0 spiro atoms. The number of carbonyl (C=O) groups is 1. The summed E-state index contributed by atoms with van der Waals surface area (Å²) in [5, 5.41) is 0. The van der Waals surface area contributed by atoms with E-state index in [1.165, 1.54) is 12.7 Å². The molecule has 3 heteroatoms. The number of hydrogen-bond donors (Lipinski definition) is 0. The number of carbonyl (C=O) groups excluding carboxylic acids is 1. The number of methoxy groups -OCH3 is 1. The molecule has 98 valence electrons. The lowest BCUT2D eigenvalue weighted by atomic mass is 10.1. The first-order chi connectivity index (χ1) is 8.40. The average molecular weight is 248 g/mol. The molecule has 0 amide bonds. The third kappa shape index (κ3) is 3.03. The van der Waals surface area contributed by atoms with E-state index in [4.69, 9.17) is 9.47 Å². The summed E-state index contributed by atoms with van der Waals surface area (Å²) in [4.78, 5) is 11.4. The highest BCUT2D eigenvalue weighted by Crippen LogP contribution is 2.48. The van der Waals surface area contributed by atoms with E-state index in [2.05, 4.69) is 0 Å². The fraction of sp³-hybridized carbons (Fsp3) is 0.533. The predicted molar refractivity (Wildman–Crippen MR) is 69.7 cm³/mol. The molecular formula is C15H20O3. The number of ether oxygens (including phenoxy) is 2. The van der Waals surface area contributed by atoms with E-state index in [0.29, 0.717) is 5.92 Å². The number of rotatable bonds is 3. The summed E-state index contributed by atoms with van der Waals surface area (Å²) in [7, 11) is 1.44. The molecule has 2 rings (SSSR count). The van der Waals surface area contributed by atoms with Crippen molar-refractivity contribution in [3.63, 3.8) is 0 Å². The Hall–Kier alpha value is -1.51. The molecule has 1 saturated carbocycles. The van der Waals surface area contributed by atoms with Crippen molar-refractivity contribution in [3.8, 4) is 5.75 Å². The molecule has 0 heterocycles. The monoisotopic (exact) mass is 248 g/mol.